The Hall–Kier alpha value is -4.07. The standard InChI is InChI=1S/C21H17N5O3/c1-12-3-8-17(13(2)11-12)23-21-24-19-18(20(27)25-21)16(9-10-22-19)14-4-6-15(7-5-14)26(28)29/h3-11H,1-2H3,(H2,22,23,24,25,27). The summed E-state index contributed by atoms with van der Waals surface area (Å²) in [6.07, 6.45) is 1.56. The molecule has 0 fully saturated rings. The van der Waals surface area contributed by atoms with Crippen molar-refractivity contribution in [1.82, 2.24) is 15.0 Å². The van der Waals surface area contributed by atoms with Crippen LogP contribution >= 0.6 is 0 Å². The van der Waals surface area contributed by atoms with E-state index in [0.717, 1.165) is 16.8 Å². The summed E-state index contributed by atoms with van der Waals surface area (Å²) in [5.41, 5.74) is 4.22. The maximum Gasteiger partial charge on any atom is 0.269 e. The number of fused-ring (bicyclic) bond motifs is 1. The van der Waals surface area contributed by atoms with Crippen molar-refractivity contribution in [2.24, 2.45) is 0 Å². The van der Waals surface area contributed by atoms with E-state index in [1.54, 1.807) is 24.4 Å². The first-order valence-electron chi connectivity index (χ1n) is 8.90. The second-order valence-corrected chi connectivity index (χ2v) is 6.72. The van der Waals surface area contributed by atoms with Gasteiger partial charge in [-0.3, -0.25) is 19.9 Å². The molecule has 0 bridgehead atoms. The summed E-state index contributed by atoms with van der Waals surface area (Å²) >= 11 is 0. The third-order valence-corrected chi connectivity index (χ3v) is 4.63. The lowest BCUT2D eigenvalue weighted by Crippen LogP contribution is -2.13. The van der Waals surface area contributed by atoms with Gasteiger partial charge < -0.3 is 5.32 Å². The van der Waals surface area contributed by atoms with Crippen molar-refractivity contribution < 1.29 is 4.92 Å². The van der Waals surface area contributed by atoms with Crippen LogP contribution in [0.25, 0.3) is 22.2 Å². The summed E-state index contributed by atoms with van der Waals surface area (Å²) in [5.74, 6) is 0.294. The summed E-state index contributed by atoms with van der Waals surface area (Å²) in [6.45, 7) is 3.98. The molecule has 0 spiro atoms. The van der Waals surface area contributed by atoms with Crippen LogP contribution in [-0.2, 0) is 0 Å². The molecule has 0 saturated carbocycles. The first-order valence-corrected chi connectivity index (χ1v) is 8.90. The highest BCUT2D eigenvalue weighted by Crippen LogP contribution is 2.27. The van der Waals surface area contributed by atoms with Crippen molar-refractivity contribution >= 4 is 28.4 Å². The van der Waals surface area contributed by atoms with E-state index in [2.05, 4.69) is 20.3 Å². The highest BCUT2D eigenvalue weighted by Gasteiger charge is 2.13. The van der Waals surface area contributed by atoms with E-state index < -0.39 is 4.92 Å². The number of aromatic nitrogens is 3. The van der Waals surface area contributed by atoms with E-state index in [-0.39, 0.29) is 16.9 Å². The lowest BCUT2D eigenvalue weighted by atomic mass is 10.0. The number of rotatable bonds is 4. The van der Waals surface area contributed by atoms with Crippen LogP contribution < -0.4 is 10.9 Å². The maximum atomic E-state index is 12.8. The zero-order valence-corrected chi connectivity index (χ0v) is 15.8. The first-order chi connectivity index (χ1) is 13.9. The molecule has 0 atom stereocenters. The predicted molar refractivity (Wildman–Crippen MR) is 111 cm³/mol. The summed E-state index contributed by atoms with van der Waals surface area (Å²) in [6, 6.07) is 13.6. The molecule has 0 aliphatic rings. The average Bonchev–Trinajstić information content (AvgIpc) is 2.70. The fourth-order valence-electron chi connectivity index (χ4n) is 3.21. The van der Waals surface area contributed by atoms with Crippen molar-refractivity contribution in [1.29, 1.82) is 0 Å². The minimum atomic E-state index is -0.464. The molecule has 0 aliphatic heterocycles. The van der Waals surface area contributed by atoms with Crippen molar-refractivity contribution in [2.75, 3.05) is 5.32 Å². The molecule has 2 heterocycles. The first kappa shape index (κ1) is 18.3. The van der Waals surface area contributed by atoms with Crippen molar-refractivity contribution in [3.8, 4) is 11.1 Å². The molecular weight excluding hydrogens is 370 g/mol. The lowest BCUT2D eigenvalue weighted by molar-refractivity contribution is -0.384. The number of H-pyrrole nitrogens is 1. The lowest BCUT2D eigenvalue weighted by Gasteiger charge is -2.11. The van der Waals surface area contributed by atoms with Gasteiger partial charge in [0, 0.05) is 24.0 Å². The number of pyridine rings is 1. The Morgan fingerprint density at radius 3 is 2.52 bits per heavy atom. The molecule has 0 saturated heterocycles. The van der Waals surface area contributed by atoms with Gasteiger partial charge >= 0.3 is 0 Å². The SMILES string of the molecule is Cc1ccc(Nc2nc3nccc(-c4ccc([N+](=O)[O-])cc4)c3c(=O)[nH]2)c(C)c1. The fraction of sp³-hybridized carbons (Fsp3) is 0.0952. The van der Waals surface area contributed by atoms with Crippen LogP contribution in [0.1, 0.15) is 11.1 Å². The van der Waals surface area contributed by atoms with Crippen molar-refractivity contribution in [2.45, 2.75) is 13.8 Å². The van der Waals surface area contributed by atoms with Gasteiger partial charge in [-0.2, -0.15) is 4.98 Å². The van der Waals surface area contributed by atoms with Crippen LogP contribution in [0.4, 0.5) is 17.3 Å². The fourth-order valence-corrected chi connectivity index (χ4v) is 3.21. The van der Waals surface area contributed by atoms with Crippen LogP contribution in [0.5, 0.6) is 0 Å². The average molecular weight is 387 g/mol. The number of nitrogens with one attached hydrogen (secondary N) is 2. The molecule has 8 heteroatoms. The summed E-state index contributed by atoms with van der Waals surface area (Å²) in [7, 11) is 0. The number of anilines is 2. The van der Waals surface area contributed by atoms with E-state index in [1.165, 1.54) is 12.1 Å². The number of benzene rings is 2. The Labute approximate surface area is 165 Å². The van der Waals surface area contributed by atoms with Gasteiger partial charge in [0.15, 0.2) is 5.65 Å². The van der Waals surface area contributed by atoms with Gasteiger partial charge in [-0.25, -0.2) is 4.98 Å². The molecule has 144 valence electrons. The Morgan fingerprint density at radius 2 is 1.83 bits per heavy atom. The van der Waals surface area contributed by atoms with Gasteiger partial charge in [-0.1, -0.05) is 17.7 Å². The zero-order valence-electron chi connectivity index (χ0n) is 15.8. The minimum Gasteiger partial charge on any atom is -0.325 e. The highest BCUT2D eigenvalue weighted by atomic mass is 16.6. The Balaban J connectivity index is 1.78. The summed E-state index contributed by atoms with van der Waals surface area (Å²) in [4.78, 5) is 34.6. The molecule has 8 nitrogen and oxygen atoms in total. The molecule has 2 aromatic carbocycles. The third kappa shape index (κ3) is 3.55. The zero-order chi connectivity index (χ0) is 20.5. The van der Waals surface area contributed by atoms with Crippen molar-refractivity contribution in [3.05, 3.63) is 86.3 Å². The van der Waals surface area contributed by atoms with Gasteiger partial charge in [-0.15, -0.1) is 0 Å². The number of nitrogens with zero attached hydrogens (tertiary/aromatic N) is 3. The van der Waals surface area contributed by atoms with Gasteiger partial charge in [0.1, 0.15) is 0 Å². The Morgan fingerprint density at radius 1 is 1.07 bits per heavy atom. The smallest absolute Gasteiger partial charge is 0.269 e. The Kier molecular flexibility index (Phi) is 4.52. The number of nitro groups is 1. The molecule has 4 aromatic rings. The number of nitro benzene ring substituents is 1. The van der Waals surface area contributed by atoms with Gasteiger partial charge in [0.2, 0.25) is 5.95 Å². The molecule has 0 amide bonds. The van der Waals surface area contributed by atoms with Crippen LogP contribution in [-0.4, -0.2) is 19.9 Å². The molecule has 2 aromatic heterocycles. The largest absolute Gasteiger partial charge is 0.325 e. The van der Waals surface area contributed by atoms with Crippen LogP contribution in [0, 0.1) is 24.0 Å². The molecule has 2 N–H and O–H groups in total. The van der Waals surface area contributed by atoms with Gasteiger partial charge in [0.05, 0.1) is 10.3 Å². The molecule has 0 radical (unpaired) electrons. The van der Waals surface area contributed by atoms with Crippen molar-refractivity contribution in [3.63, 3.8) is 0 Å². The van der Waals surface area contributed by atoms with Crippen LogP contribution in [0.3, 0.4) is 0 Å². The van der Waals surface area contributed by atoms with E-state index >= 15 is 0 Å². The summed E-state index contributed by atoms with van der Waals surface area (Å²) in [5, 5.41) is 14.3. The van der Waals surface area contributed by atoms with Gasteiger partial charge in [-0.05, 0) is 54.8 Å². The van der Waals surface area contributed by atoms with Crippen LogP contribution in [0.2, 0.25) is 0 Å². The van der Waals surface area contributed by atoms with Crippen LogP contribution in [0.15, 0.2) is 59.5 Å². The molecular formula is C21H17N5O3. The monoisotopic (exact) mass is 387 g/mol. The quantitative estimate of drug-likeness (QED) is 0.400. The normalized spacial score (nSPS) is 10.8. The number of non-ortho nitro benzene ring substituents is 1. The highest BCUT2D eigenvalue weighted by molar-refractivity contribution is 5.92. The number of aromatic amines is 1. The number of aryl methyl sites for hydroxylation is 2. The number of hydrogen-bond acceptors (Lipinski definition) is 6. The third-order valence-electron chi connectivity index (χ3n) is 4.63. The molecule has 29 heavy (non-hydrogen) atoms. The predicted octanol–water partition coefficient (Wildman–Crippen LogP) is 4.25. The van der Waals surface area contributed by atoms with E-state index in [1.807, 2.05) is 32.0 Å². The second kappa shape index (κ2) is 7.16. The van der Waals surface area contributed by atoms with E-state index in [0.29, 0.717) is 22.5 Å². The minimum absolute atomic E-state index is 0.0147. The van der Waals surface area contributed by atoms with Gasteiger partial charge in [0.25, 0.3) is 11.2 Å². The second-order valence-electron chi connectivity index (χ2n) is 6.72. The Bertz CT molecular complexity index is 1300. The van der Waals surface area contributed by atoms with E-state index in [4.69, 9.17) is 0 Å². The molecule has 0 aliphatic carbocycles. The summed E-state index contributed by atoms with van der Waals surface area (Å²) < 4.78 is 0. The topological polar surface area (TPSA) is 114 Å². The number of hydrogen-bond donors (Lipinski definition) is 2. The molecule has 0 unspecified atom stereocenters. The van der Waals surface area contributed by atoms with E-state index in [9.17, 15) is 14.9 Å². The maximum absolute atomic E-state index is 12.8. The molecule has 4 rings (SSSR count).